The number of carbonyl (C=O) groups excluding carboxylic acids is 1. The fourth-order valence-electron chi connectivity index (χ4n) is 2.61. The molecule has 0 radical (unpaired) electrons. The Kier molecular flexibility index (Phi) is 2.09. The molecule has 1 aromatic heterocycles. The first-order chi connectivity index (χ1) is 9.29. The van der Waals surface area contributed by atoms with Crippen molar-refractivity contribution in [2.24, 2.45) is 0 Å². The zero-order chi connectivity index (χ0) is 13.0. The van der Waals surface area contributed by atoms with Gasteiger partial charge < -0.3 is 4.42 Å². The monoisotopic (exact) mass is 269 g/mol. The standard InChI is InChI=1S/C15H8ClNO2/c16-7-11-17-13-14(18)9-5-1-3-8-4-2-6-10(12(8)9)15(13)19-11/h1-6H,7H2. The number of alkyl halides is 1. The largest absolute Gasteiger partial charge is 0.439 e. The molecule has 0 spiro atoms. The minimum atomic E-state index is -0.0978. The summed E-state index contributed by atoms with van der Waals surface area (Å²) in [5, 5.41) is 1.96. The van der Waals surface area contributed by atoms with Gasteiger partial charge in [0, 0.05) is 16.5 Å². The Bertz CT molecular complexity index is 830. The average molecular weight is 270 g/mol. The minimum absolute atomic E-state index is 0.0978. The molecule has 0 amide bonds. The third kappa shape index (κ3) is 1.33. The lowest BCUT2D eigenvalue weighted by molar-refractivity contribution is 0.103. The summed E-state index contributed by atoms with van der Waals surface area (Å²) in [5.74, 6) is 0.973. The molecular weight excluding hydrogens is 262 g/mol. The Morgan fingerprint density at radius 2 is 1.84 bits per heavy atom. The van der Waals surface area contributed by atoms with E-state index in [4.69, 9.17) is 16.0 Å². The van der Waals surface area contributed by atoms with Gasteiger partial charge in [-0.25, -0.2) is 4.98 Å². The number of fused-ring (bicyclic) bond motifs is 2. The van der Waals surface area contributed by atoms with E-state index in [2.05, 4.69) is 4.98 Å². The fraction of sp³-hybridized carbons (Fsp3) is 0.0667. The van der Waals surface area contributed by atoms with Crippen LogP contribution in [0.15, 0.2) is 40.8 Å². The lowest BCUT2D eigenvalue weighted by Gasteiger charge is -2.14. The van der Waals surface area contributed by atoms with Crippen LogP contribution in [0.2, 0.25) is 0 Å². The predicted octanol–water partition coefficient (Wildman–Crippen LogP) is 3.78. The topological polar surface area (TPSA) is 43.1 Å². The number of aromatic nitrogens is 1. The van der Waals surface area contributed by atoms with Crippen molar-refractivity contribution in [3.05, 3.63) is 53.5 Å². The molecule has 0 unspecified atom stereocenters. The molecule has 0 saturated heterocycles. The van der Waals surface area contributed by atoms with Crippen molar-refractivity contribution in [2.75, 3.05) is 0 Å². The van der Waals surface area contributed by atoms with Crippen LogP contribution in [0.5, 0.6) is 0 Å². The number of oxazole rings is 1. The van der Waals surface area contributed by atoms with E-state index in [0.29, 0.717) is 22.9 Å². The molecule has 0 atom stereocenters. The summed E-state index contributed by atoms with van der Waals surface area (Å²) in [6.07, 6.45) is 0. The van der Waals surface area contributed by atoms with Crippen LogP contribution in [0.3, 0.4) is 0 Å². The van der Waals surface area contributed by atoms with Crippen molar-refractivity contribution < 1.29 is 9.21 Å². The fourth-order valence-corrected chi connectivity index (χ4v) is 2.72. The highest BCUT2D eigenvalue weighted by Gasteiger charge is 2.30. The quantitative estimate of drug-likeness (QED) is 0.494. The van der Waals surface area contributed by atoms with Crippen LogP contribution < -0.4 is 0 Å². The summed E-state index contributed by atoms with van der Waals surface area (Å²) in [4.78, 5) is 16.6. The number of hydrogen-bond acceptors (Lipinski definition) is 3. The minimum Gasteiger partial charge on any atom is -0.439 e. The third-order valence-corrected chi connectivity index (χ3v) is 3.62. The Labute approximate surface area is 113 Å². The summed E-state index contributed by atoms with van der Waals surface area (Å²) in [6.45, 7) is 0. The van der Waals surface area contributed by atoms with E-state index in [0.717, 1.165) is 16.3 Å². The summed E-state index contributed by atoms with van der Waals surface area (Å²) < 4.78 is 5.61. The van der Waals surface area contributed by atoms with Crippen LogP contribution in [0.4, 0.5) is 0 Å². The number of halogens is 1. The van der Waals surface area contributed by atoms with Gasteiger partial charge in [0.1, 0.15) is 0 Å². The molecule has 0 N–H and O–H groups in total. The average Bonchev–Trinajstić information content (AvgIpc) is 2.89. The molecule has 0 bridgehead atoms. The molecular formula is C15H8ClNO2. The van der Waals surface area contributed by atoms with Crippen LogP contribution >= 0.6 is 11.6 Å². The van der Waals surface area contributed by atoms with Crippen molar-refractivity contribution in [3.8, 4) is 11.3 Å². The molecule has 0 aliphatic heterocycles. The first-order valence-electron chi connectivity index (χ1n) is 5.92. The lowest BCUT2D eigenvalue weighted by atomic mass is 9.89. The molecule has 4 heteroatoms. The Morgan fingerprint density at radius 3 is 2.58 bits per heavy atom. The number of benzene rings is 2. The van der Waals surface area contributed by atoms with Gasteiger partial charge in [-0.1, -0.05) is 36.4 Å². The maximum absolute atomic E-state index is 12.5. The van der Waals surface area contributed by atoms with Crippen LogP contribution in [-0.2, 0) is 5.88 Å². The van der Waals surface area contributed by atoms with E-state index in [1.807, 2.05) is 36.4 Å². The normalized spacial score (nSPS) is 12.8. The predicted molar refractivity (Wildman–Crippen MR) is 72.4 cm³/mol. The second-order valence-corrected chi connectivity index (χ2v) is 4.72. The van der Waals surface area contributed by atoms with Gasteiger partial charge in [0.05, 0.1) is 5.88 Å². The van der Waals surface area contributed by atoms with E-state index in [1.165, 1.54) is 0 Å². The van der Waals surface area contributed by atoms with Gasteiger partial charge in [-0.05, 0) is 5.39 Å². The van der Waals surface area contributed by atoms with Crippen LogP contribution in [0.25, 0.3) is 22.1 Å². The number of nitrogens with zero attached hydrogens (tertiary/aromatic N) is 1. The zero-order valence-electron chi connectivity index (χ0n) is 9.81. The van der Waals surface area contributed by atoms with Crippen molar-refractivity contribution in [1.82, 2.24) is 4.98 Å². The van der Waals surface area contributed by atoms with Gasteiger partial charge in [0.25, 0.3) is 0 Å². The van der Waals surface area contributed by atoms with Crippen molar-refractivity contribution in [3.63, 3.8) is 0 Å². The van der Waals surface area contributed by atoms with E-state index in [1.54, 1.807) is 0 Å². The van der Waals surface area contributed by atoms with E-state index in [-0.39, 0.29) is 11.7 Å². The third-order valence-electron chi connectivity index (χ3n) is 3.39. The van der Waals surface area contributed by atoms with E-state index in [9.17, 15) is 4.79 Å². The SMILES string of the molecule is O=C1c2nc(CCl)oc2-c2cccc3cccc1c23. The molecule has 4 rings (SSSR count). The molecule has 1 heterocycles. The molecule has 19 heavy (non-hydrogen) atoms. The maximum atomic E-state index is 12.5. The van der Waals surface area contributed by atoms with Gasteiger partial charge in [-0.3, -0.25) is 4.79 Å². The van der Waals surface area contributed by atoms with Crippen molar-refractivity contribution >= 4 is 28.2 Å². The van der Waals surface area contributed by atoms with Gasteiger partial charge in [0.2, 0.25) is 11.7 Å². The molecule has 0 fully saturated rings. The lowest BCUT2D eigenvalue weighted by Crippen LogP contribution is -2.09. The number of rotatable bonds is 1. The maximum Gasteiger partial charge on any atom is 0.216 e. The van der Waals surface area contributed by atoms with Gasteiger partial charge in [-0.2, -0.15) is 0 Å². The second kappa shape index (κ2) is 3.68. The summed E-state index contributed by atoms with van der Waals surface area (Å²) >= 11 is 5.74. The Hall–Kier alpha value is -2.13. The highest BCUT2D eigenvalue weighted by Crippen LogP contribution is 2.39. The molecule has 3 aromatic rings. The van der Waals surface area contributed by atoms with E-state index >= 15 is 0 Å². The van der Waals surface area contributed by atoms with Crippen LogP contribution in [0, 0.1) is 0 Å². The van der Waals surface area contributed by atoms with Crippen molar-refractivity contribution in [2.45, 2.75) is 5.88 Å². The van der Waals surface area contributed by atoms with Gasteiger partial charge in [-0.15, -0.1) is 11.6 Å². The van der Waals surface area contributed by atoms with Crippen LogP contribution in [-0.4, -0.2) is 10.8 Å². The molecule has 2 aromatic carbocycles. The first-order valence-corrected chi connectivity index (χ1v) is 6.45. The summed E-state index contributed by atoms with van der Waals surface area (Å²) in [7, 11) is 0. The van der Waals surface area contributed by atoms with Gasteiger partial charge >= 0.3 is 0 Å². The molecule has 3 nitrogen and oxygen atoms in total. The molecule has 1 aliphatic carbocycles. The molecule has 0 saturated carbocycles. The van der Waals surface area contributed by atoms with Crippen LogP contribution in [0.1, 0.15) is 21.9 Å². The smallest absolute Gasteiger partial charge is 0.216 e. The summed E-state index contributed by atoms with van der Waals surface area (Å²) in [6, 6.07) is 11.6. The number of carbonyl (C=O) groups is 1. The number of hydrogen-bond donors (Lipinski definition) is 0. The highest BCUT2D eigenvalue weighted by molar-refractivity contribution is 6.24. The Balaban J connectivity index is 2.19. The van der Waals surface area contributed by atoms with Crippen molar-refractivity contribution in [1.29, 1.82) is 0 Å². The molecule has 92 valence electrons. The van der Waals surface area contributed by atoms with Gasteiger partial charge in [0.15, 0.2) is 11.5 Å². The number of ketones is 1. The highest BCUT2D eigenvalue weighted by atomic mass is 35.5. The molecule has 1 aliphatic rings. The zero-order valence-corrected chi connectivity index (χ0v) is 10.6. The second-order valence-electron chi connectivity index (χ2n) is 4.46. The first kappa shape index (κ1) is 10.8. The van der Waals surface area contributed by atoms with E-state index < -0.39 is 0 Å². The Morgan fingerprint density at radius 1 is 1.11 bits per heavy atom. The summed E-state index contributed by atoms with van der Waals surface area (Å²) in [5.41, 5.74) is 1.95.